The fraction of sp³-hybridized carbons (Fsp3) is 0.105. The Labute approximate surface area is 159 Å². The van der Waals surface area contributed by atoms with Gasteiger partial charge in [-0.25, -0.2) is 0 Å². The first kappa shape index (κ1) is 18.8. The van der Waals surface area contributed by atoms with Crippen LogP contribution < -0.4 is 4.74 Å². The highest BCUT2D eigenvalue weighted by Gasteiger charge is 2.21. The lowest BCUT2D eigenvalue weighted by atomic mass is 10.2. The number of rotatable bonds is 7. The smallest absolute Gasteiger partial charge is 0.338 e. The number of aromatic nitrogens is 1. The number of non-ortho nitro benzene ring substituents is 1. The number of nitro groups is 2. The molecule has 142 valence electrons. The number of hydrogen-bond acceptors (Lipinski definition) is 7. The van der Waals surface area contributed by atoms with Crippen LogP contribution in [0.15, 0.2) is 53.1 Å². The van der Waals surface area contributed by atoms with Crippen molar-refractivity contribution >= 4 is 23.5 Å². The standard InChI is InChI=1S/C19H15N3O6/c1-13-19(22(25)26)18(28-20-13)11-6-14-4-9-17(10-5-14)27-12-15-2-7-16(8-3-15)21(23)24/h2-11H,12H2,1H3/b11-6-. The Kier molecular flexibility index (Phi) is 5.45. The lowest BCUT2D eigenvalue weighted by Gasteiger charge is -2.06. The maximum atomic E-state index is 11.0. The predicted molar refractivity (Wildman–Crippen MR) is 101 cm³/mol. The van der Waals surface area contributed by atoms with Crippen molar-refractivity contribution in [2.45, 2.75) is 13.5 Å². The molecule has 0 saturated heterocycles. The molecule has 3 aromatic rings. The average molecular weight is 381 g/mol. The van der Waals surface area contributed by atoms with Gasteiger partial charge in [-0.1, -0.05) is 23.4 Å². The topological polar surface area (TPSA) is 122 Å². The number of nitrogens with zero attached hydrogens (tertiary/aromatic N) is 3. The van der Waals surface area contributed by atoms with E-state index in [0.29, 0.717) is 5.75 Å². The zero-order valence-corrected chi connectivity index (χ0v) is 14.8. The molecule has 0 spiro atoms. The van der Waals surface area contributed by atoms with Crippen molar-refractivity contribution in [1.82, 2.24) is 5.16 Å². The van der Waals surface area contributed by atoms with Gasteiger partial charge in [0.25, 0.3) is 5.69 Å². The maximum absolute atomic E-state index is 11.0. The van der Waals surface area contributed by atoms with Crippen LogP contribution in [0.2, 0.25) is 0 Å². The van der Waals surface area contributed by atoms with Crippen LogP contribution >= 0.6 is 0 Å². The summed E-state index contributed by atoms with van der Waals surface area (Å²) >= 11 is 0. The first-order chi connectivity index (χ1) is 13.4. The van der Waals surface area contributed by atoms with E-state index in [-0.39, 0.29) is 29.4 Å². The van der Waals surface area contributed by atoms with Gasteiger partial charge in [0.15, 0.2) is 5.69 Å². The zero-order chi connectivity index (χ0) is 20.1. The SMILES string of the molecule is Cc1noc(/C=C\c2ccc(OCc3ccc([N+](=O)[O-])cc3)cc2)c1[N+](=O)[O-]. The Hall–Kier alpha value is -4.01. The molecule has 1 aromatic heterocycles. The maximum Gasteiger partial charge on any atom is 0.338 e. The summed E-state index contributed by atoms with van der Waals surface area (Å²) < 4.78 is 10.6. The summed E-state index contributed by atoms with van der Waals surface area (Å²) in [6.45, 7) is 1.78. The van der Waals surface area contributed by atoms with Crippen molar-refractivity contribution in [2.75, 3.05) is 0 Å². The van der Waals surface area contributed by atoms with Crippen molar-refractivity contribution in [3.63, 3.8) is 0 Å². The number of hydrogen-bond donors (Lipinski definition) is 0. The third kappa shape index (κ3) is 4.39. The molecule has 0 unspecified atom stereocenters. The van der Waals surface area contributed by atoms with Crippen LogP contribution in [0.4, 0.5) is 11.4 Å². The van der Waals surface area contributed by atoms with Gasteiger partial charge in [0.2, 0.25) is 5.76 Å². The van der Waals surface area contributed by atoms with Crippen LogP contribution in [0.3, 0.4) is 0 Å². The van der Waals surface area contributed by atoms with Gasteiger partial charge in [0.1, 0.15) is 12.4 Å². The van der Waals surface area contributed by atoms with E-state index in [0.717, 1.165) is 11.1 Å². The quantitative estimate of drug-likeness (QED) is 0.434. The van der Waals surface area contributed by atoms with Gasteiger partial charge >= 0.3 is 5.69 Å². The third-order valence-corrected chi connectivity index (χ3v) is 3.90. The van der Waals surface area contributed by atoms with Gasteiger partial charge in [-0.05, 0) is 48.4 Å². The van der Waals surface area contributed by atoms with E-state index in [9.17, 15) is 20.2 Å². The number of aryl methyl sites for hydroxylation is 1. The van der Waals surface area contributed by atoms with Crippen LogP contribution in [0.25, 0.3) is 12.2 Å². The summed E-state index contributed by atoms with van der Waals surface area (Å²) in [5.74, 6) is 0.706. The number of ether oxygens (including phenoxy) is 1. The highest BCUT2D eigenvalue weighted by Crippen LogP contribution is 2.25. The molecule has 0 aliphatic heterocycles. The van der Waals surface area contributed by atoms with Gasteiger partial charge in [-0.15, -0.1) is 0 Å². The molecule has 28 heavy (non-hydrogen) atoms. The minimum Gasteiger partial charge on any atom is -0.489 e. The van der Waals surface area contributed by atoms with E-state index < -0.39 is 9.85 Å². The first-order valence-corrected chi connectivity index (χ1v) is 8.19. The molecule has 0 radical (unpaired) electrons. The Bertz CT molecular complexity index is 1020. The number of benzene rings is 2. The van der Waals surface area contributed by atoms with Crippen LogP contribution in [-0.2, 0) is 6.61 Å². The van der Waals surface area contributed by atoms with Crippen molar-refractivity contribution in [2.24, 2.45) is 0 Å². The fourth-order valence-corrected chi connectivity index (χ4v) is 2.44. The van der Waals surface area contributed by atoms with Gasteiger partial charge in [-0.2, -0.15) is 0 Å². The molecule has 0 aliphatic carbocycles. The van der Waals surface area contributed by atoms with Crippen molar-refractivity contribution in [3.05, 3.63) is 91.3 Å². The molecular formula is C19H15N3O6. The molecule has 9 nitrogen and oxygen atoms in total. The van der Waals surface area contributed by atoms with Gasteiger partial charge in [-0.3, -0.25) is 20.2 Å². The van der Waals surface area contributed by atoms with E-state index in [1.807, 2.05) is 0 Å². The summed E-state index contributed by atoms with van der Waals surface area (Å²) in [4.78, 5) is 20.7. The van der Waals surface area contributed by atoms with Crippen molar-refractivity contribution < 1.29 is 19.1 Å². The van der Waals surface area contributed by atoms with E-state index in [4.69, 9.17) is 9.26 Å². The van der Waals surface area contributed by atoms with E-state index in [1.54, 1.807) is 42.5 Å². The molecule has 1 heterocycles. The molecule has 2 aromatic carbocycles. The largest absolute Gasteiger partial charge is 0.489 e. The first-order valence-electron chi connectivity index (χ1n) is 8.19. The minimum absolute atomic E-state index is 0.0297. The van der Waals surface area contributed by atoms with Gasteiger partial charge in [0, 0.05) is 12.1 Å². The highest BCUT2D eigenvalue weighted by atomic mass is 16.6. The minimum atomic E-state index is -0.527. The van der Waals surface area contributed by atoms with Crippen molar-refractivity contribution in [1.29, 1.82) is 0 Å². The number of nitro benzene ring substituents is 1. The molecule has 3 rings (SSSR count). The Morgan fingerprint density at radius 2 is 1.68 bits per heavy atom. The van der Waals surface area contributed by atoms with E-state index in [1.165, 1.54) is 25.1 Å². The van der Waals surface area contributed by atoms with Gasteiger partial charge < -0.3 is 9.26 Å². The summed E-state index contributed by atoms with van der Waals surface area (Å²) in [7, 11) is 0. The Balaban J connectivity index is 1.62. The second-order valence-corrected chi connectivity index (χ2v) is 5.85. The Morgan fingerprint density at radius 1 is 1.00 bits per heavy atom. The Morgan fingerprint density at radius 3 is 2.29 bits per heavy atom. The highest BCUT2D eigenvalue weighted by molar-refractivity contribution is 5.71. The van der Waals surface area contributed by atoms with Crippen LogP contribution in [0.1, 0.15) is 22.6 Å². The monoisotopic (exact) mass is 381 g/mol. The molecule has 0 saturated carbocycles. The van der Waals surface area contributed by atoms with E-state index in [2.05, 4.69) is 5.16 Å². The summed E-state index contributed by atoms with van der Waals surface area (Å²) in [5, 5.41) is 25.3. The van der Waals surface area contributed by atoms with E-state index >= 15 is 0 Å². The zero-order valence-electron chi connectivity index (χ0n) is 14.8. The molecular weight excluding hydrogens is 366 g/mol. The van der Waals surface area contributed by atoms with Gasteiger partial charge in [0.05, 0.1) is 9.85 Å². The summed E-state index contributed by atoms with van der Waals surface area (Å²) in [6, 6.07) is 13.2. The second-order valence-electron chi connectivity index (χ2n) is 5.85. The summed E-state index contributed by atoms with van der Waals surface area (Å²) in [5.41, 5.74) is 1.70. The van der Waals surface area contributed by atoms with Crippen LogP contribution in [-0.4, -0.2) is 15.0 Å². The normalized spacial score (nSPS) is 10.9. The molecule has 0 amide bonds. The summed E-state index contributed by atoms with van der Waals surface area (Å²) in [6.07, 6.45) is 3.16. The average Bonchev–Trinajstić information content (AvgIpc) is 3.06. The second kappa shape index (κ2) is 8.12. The lowest BCUT2D eigenvalue weighted by molar-refractivity contribution is -0.386. The molecule has 0 aliphatic rings. The van der Waals surface area contributed by atoms with Crippen LogP contribution in [0.5, 0.6) is 5.75 Å². The molecule has 0 N–H and O–H groups in total. The molecule has 0 atom stereocenters. The molecule has 0 bridgehead atoms. The van der Waals surface area contributed by atoms with Crippen LogP contribution in [0, 0.1) is 27.2 Å². The van der Waals surface area contributed by atoms with Crippen molar-refractivity contribution in [3.8, 4) is 5.75 Å². The molecule has 0 fully saturated rings. The molecule has 9 heteroatoms. The third-order valence-electron chi connectivity index (χ3n) is 3.90. The fourth-order valence-electron chi connectivity index (χ4n) is 2.44. The predicted octanol–water partition coefficient (Wildman–Crippen LogP) is 4.55. The lowest BCUT2D eigenvalue weighted by Crippen LogP contribution is -1.96.